The molecule has 0 aliphatic rings. The largest absolute Gasteiger partial charge is 0.508 e. The van der Waals surface area contributed by atoms with Crippen molar-refractivity contribution in [1.29, 1.82) is 0 Å². The Labute approximate surface area is 75.9 Å². The number of hydrogen-bond acceptors (Lipinski definition) is 3. The van der Waals surface area contributed by atoms with Crippen molar-refractivity contribution in [3.05, 3.63) is 23.8 Å². The Kier molecular flexibility index (Phi) is 3.08. The van der Waals surface area contributed by atoms with E-state index in [0.717, 1.165) is 0 Å². The second kappa shape index (κ2) is 4.09. The summed E-state index contributed by atoms with van der Waals surface area (Å²) in [6, 6.07) is 3.75. The number of aromatic hydroxyl groups is 1. The Morgan fingerprint density at radius 2 is 2.31 bits per heavy atom. The molecule has 1 aromatic rings. The van der Waals surface area contributed by atoms with Crippen molar-refractivity contribution in [3.8, 4) is 11.5 Å². The number of halogens is 1. The van der Waals surface area contributed by atoms with Crippen LogP contribution in [-0.2, 0) is 0 Å². The van der Waals surface area contributed by atoms with Crippen LogP contribution in [0.5, 0.6) is 11.5 Å². The third-order valence-corrected chi connectivity index (χ3v) is 1.80. The van der Waals surface area contributed by atoms with Crippen LogP contribution in [-0.4, -0.2) is 18.9 Å². The smallest absolute Gasteiger partial charge is 0.120 e. The second-order valence-electron chi connectivity index (χ2n) is 2.69. The number of ether oxygens (including phenoxy) is 1. The summed E-state index contributed by atoms with van der Waals surface area (Å²) >= 11 is 0. The summed E-state index contributed by atoms with van der Waals surface area (Å²) in [5, 5.41) is 9.33. The maximum Gasteiger partial charge on any atom is 0.120 e. The first-order valence-electron chi connectivity index (χ1n) is 3.87. The molecule has 0 aliphatic heterocycles. The molecule has 0 amide bonds. The fourth-order valence-corrected chi connectivity index (χ4v) is 1.04. The van der Waals surface area contributed by atoms with Crippen molar-refractivity contribution in [3.63, 3.8) is 0 Å². The van der Waals surface area contributed by atoms with E-state index in [1.165, 1.54) is 19.2 Å². The zero-order chi connectivity index (χ0) is 9.84. The fourth-order valence-electron chi connectivity index (χ4n) is 1.04. The molecule has 0 saturated carbocycles. The van der Waals surface area contributed by atoms with Crippen LogP contribution in [0.15, 0.2) is 18.2 Å². The van der Waals surface area contributed by atoms with Crippen LogP contribution in [0.25, 0.3) is 0 Å². The van der Waals surface area contributed by atoms with Gasteiger partial charge >= 0.3 is 0 Å². The minimum absolute atomic E-state index is 0.00838. The summed E-state index contributed by atoms with van der Waals surface area (Å²) in [6.07, 6.45) is 0. The van der Waals surface area contributed by atoms with E-state index in [0.29, 0.717) is 11.3 Å². The molecule has 1 rings (SSSR count). The van der Waals surface area contributed by atoms with Crippen LogP contribution >= 0.6 is 0 Å². The molecular weight excluding hydrogens is 173 g/mol. The zero-order valence-electron chi connectivity index (χ0n) is 7.33. The van der Waals surface area contributed by atoms with Gasteiger partial charge in [0.1, 0.15) is 18.2 Å². The van der Waals surface area contributed by atoms with Crippen LogP contribution in [0.1, 0.15) is 11.6 Å². The molecule has 13 heavy (non-hydrogen) atoms. The summed E-state index contributed by atoms with van der Waals surface area (Å²) < 4.78 is 17.1. The average molecular weight is 185 g/mol. The van der Waals surface area contributed by atoms with Crippen LogP contribution in [0, 0.1) is 0 Å². The second-order valence-corrected chi connectivity index (χ2v) is 2.69. The quantitative estimate of drug-likeness (QED) is 0.747. The van der Waals surface area contributed by atoms with Crippen molar-refractivity contribution in [2.75, 3.05) is 13.8 Å². The van der Waals surface area contributed by atoms with Gasteiger partial charge in [0, 0.05) is 5.56 Å². The first-order valence-corrected chi connectivity index (χ1v) is 3.87. The van der Waals surface area contributed by atoms with Crippen molar-refractivity contribution in [2.45, 2.75) is 6.04 Å². The molecule has 0 spiro atoms. The van der Waals surface area contributed by atoms with Gasteiger partial charge in [0.25, 0.3) is 0 Å². The maximum atomic E-state index is 12.2. The van der Waals surface area contributed by atoms with Gasteiger partial charge in [-0.25, -0.2) is 4.39 Å². The Morgan fingerprint density at radius 3 is 2.85 bits per heavy atom. The highest BCUT2D eigenvalue weighted by Crippen LogP contribution is 2.27. The lowest BCUT2D eigenvalue weighted by Crippen LogP contribution is -2.12. The van der Waals surface area contributed by atoms with Crippen molar-refractivity contribution in [1.82, 2.24) is 0 Å². The highest BCUT2D eigenvalue weighted by atomic mass is 19.1. The van der Waals surface area contributed by atoms with Crippen LogP contribution < -0.4 is 10.5 Å². The SMILES string of the molecule is COc1ccc(O)c(C(N)CF)c1. The van der Waals surface area contributed by atoms with Gasteiger partial charge in [-0.3, -0.25) is 0 Å². The summed E-state index contributed by atoms with van der Waals surface area (Å²) in [7, 11) is 1.50. The summed E-state index contributed by atoms with van der Waals surface area (Å²) in [4.78, 5) is 0. The molecule has 0 saturated heterocycles. The zero-order valence-corrected chi connectivity index (χ0v) is 7.33. The van der Waals surface area contributed by atoms with E-state index in [2.05, 4.69) is 0 Å². The van der Waals surface area contributed by atoms with Gasteiger partial charge in [0.05, 0.1) is 13.2 Å². The molecule has 1 unspecified atom stereocenters. The van der Waals surface area contributed by atoms with Gasteiger partial charge in [0.2, 0.25) is 0 Å². The van der Waals surface area contributed by atoms with Gasteiger partial charge < -0.3 is 15.6 Å². The third kappa shape index (κ3) is 2.09. The molecule has 0 aliphatic carbocycles. The van der Waals surface area contributed by atoms with Gasteiger partial charge in [-0.2, -0.15) is 0 Å². The monoisotopic (exact) mass is 185 g/mol. The fraction of sp³-hybridized carbons (Fsp3) is 0.333. The molecule has 3 N–H and O–H groups in total. The Balaban J connectivity index is 3.03. The number of nitrogens with two attached hydrogens (primary N) is 1. The predicted molar refractivity (Wildman–Crippen MR) is 47.6 cm³/mol. The van der Waals surface area contributed by atoms with Gasteiger partial charge in [-0.1, -0.05) is 0 Å². The minimum atomic E-state index is -0.796. The standard InChI is InChI=1S/C9H12FNO2/c1-13-6-2-3-9(12)7(4-6)8(11)5-10/h2-4,8,12H,5,11H2,1H3. The molecule has 0 radical (unpaired) electrons. The molecule has 1 aromatic carbocycles. The Hall–Kier alpha value is -1.29. The van der Waals surface area contributed by atoms with Crippen LogP contribution in [0.3, 0.4) is 0 Å². The lowest BCUT2D eigenvalue weighted by Gasteiger charge is -2.10. The summed E-state index contributed by atoms with van der Waals surface area (Å²) in [5.74, 6) is 0.544. The van der Waals surface area contributed by atoms with E-state index in [1.54, 1.807) is 6.07 Å². The van der Waals surface area contributed by atoms with E-state index in [-0.39, 0.29) is 5.75 Å². The summed E-state index contributed by atoms with van der Waals surface area (Å²) in [5.41, 5.74) is 5.79. The number of benzene rings is 1. The number of alkyl halides is 1. The number of hydrogen-bond donors (Lipinski definition) is 2. The molecule has 0 heterocycles. The third-order valence-electron chi connectivity index (χ3n) is 1.80. The Bertz CT molecular complexity index is 291. The predicted octanol–water partition coefficient (Wildman–Crippen LogP) is 1.37. The Morgan fingerprint density at radius 1 is 1.62 bits per heavy atom. The van der Waals surface area contributed by atoms with Gasteiger partial charge in [0.15, 0.2) is 0 Å². The first-order chi connectivity index (χ1) is 6.19. The maximum absolute atomic E-state index is 12.2. The normalized spacial score (nSPS) is 12.5. The topological polar surface area (TPSA) is 55.5 Å². The molecule has 72 valence electrons. The van der Waals surface area contributed by atoms with E-state index in [4.69, 9.17) is 10.5 Å². The minimum Gasteiger partial charge on any atom is -0.508 e. The molecule has 0 aromatic heterocycles. The molecule has 0 fully saturated rings. The lowest BCUT2D eigenvalue weighted by atomic mass is 10.1. The van der Waals surface area contributed by atoms with Crippen LogP contribution in [0.4, 0.5) is 4.39 Å². The van der Waals surface area contributed by atoms with Crippen molar-refractivity contribution in [2.24, 2.45) is 5.73 Å². The highest BCUT2D eigenvalue weighted by molar-refractivity contribution is 5.41. The van der Waals surface area contributed by atoms with E-state index in [9.17, 15) is 9.50 Å². The van der Waals surface area contributed by atoms with Gasteiger partial charge in [-0.15, -0.1) is 0 Å². The number of phenolic OH excluding ortho intramolecular Hbond substituents is 1. The average Bonchev–Trinajstić information content (AvgIpc) is 2.17. The van der Waals surface area contributed by atoms with Crippen LogP contribution in [0.2, 0.25) is 0 Å². The molecule has 3 nitrogen and oxygen atoms in total. The molecule has 1 atom stereocenters. The number of phenols is 1. The molecule has 0 bridgehead atoms. The lowest BCUT2D eigenvalue weighted by molar-refractivity contribution is 0.398. The van der Waals surface area contributed by atoms with E-state index < -0.39 is 12.7 Å². The van der Waals surface area contributed by atoms with Crippen molar-refractivity contribution < 1.29 is 14.2 Å². The number of methoxy groups -OCH3 is 1. The van der Waals surface area contributed by atoms with E-state index >= 15 is 0 Å². The van der Waals surface area contributed by atoms with Gasteiger partial charge in [-0.05, 0) is 18.2 Å². The first kappa shape index (κ1) is 9.80. The summed E-state index contributed by atoms with van der Waals surface area (Å²) in [6.45, 7) is -0.708. The van der Waals surface area contributed by atoms with Crippen molar-refractivity contribution >= 4 is 0 Å². The molecule has 4 heteroatoms. The number of rotatable bonds is 3. The highest BCUT2D eigenvalue weighted by Gasteiger charge is 2.11. The molecular formula is C9H12FNO2. The van der Waals surface area contributed by atoms with E-state index in [1.807, 2.05) is 0 Å².